The van der Waals surface area contributed by atoms with Gasteiger partial charge >= 0.3 is 0 Å². The first-order valence-corrected chi connectivity index (χ1v) is 4.01. The molecule has 0 aliphatic carbocycles. The van der Waals surface area contributed by atoms with Crippen LogP contribution in [0.1, 0.15) is 12.8 Å². The third-order valence-electron chi connectivity index (χ3n) is 0.715. The third kappa shape index (κ3) is 7.47. The molecule has 0 amide bonds. The standard InChI is InChI=1S/C5H7O3S/c1-2-3-4-5-9(6,7)8/h1H,3-5H2. The summed E-state index contributed by atoms with van der Waals surface area (Å²) >= 11 is 0. The van der Waals surface area contributed by atoms with E-state index in [4.69, 9.17) is 6.42 Å². The van der Waals surface area contributed by atoms with E-state index in [0.717, 1.165) is 0 Å². The van der Waals surface area contributed by atoms with Gasteiger partial charge in [0, 0.05) is 6.42 Å². The van der Waals surface area contributed by atoms with Crippen molar-refractivity contribution in [2.45, 2.75) is 12.8 Å². The molecule has 51 valence electrons. The number of hydrogen-bond acceptors (Lipinski definition) is 2. The fourth-order valence-electron chi connectivity index (χ4n) is 0.351. The van der Waals surface area contributed by atoms with Crippen molar-refractivity contribution >= 4 is 10.1 Å². The molecule has 3 nitrogen and oxygen atoms in total. The zero-order valence-corrected chi connectivity index (χ0v) is 5.65. The van der Waals surface area contributed by atoms with Crippen molar-refractivity contribution in [3.63, 3.8) is 0 Å². The fraction of sp³-hybridized carbons (Fsp3) is 0.600. The summed E-state index contributed by atoms with van der Waals surface area (Å²) < 4.78 is 29.6. The van der Waals surface area contributed by atoms with Gasteiger partial charge in [0.25, 0.3) is 10.1 Å². The molecular weight excluding hydrogens is 140 g/mol. The molecule has 4 heteroatoms. The molecule has 0 spiro atoms. The molecule has 0 aliphatic heterocycles. The van der Waals surface area contributed by atoms with Gasteiger partial charge in [0.1, 0.15) is 0 Å². The molecule has 0 aromatic carbocycles. The lowest BCUT2D eigenvalue weighted by Gasteiger charge is -1.87. The highest BCUT2D eigenvalue weighted by Gasteiger charge is 2.03. The maximum atomic E-state index is 9.88. The Hall–Kier alpha value is -0.530. The SMILES string of the molecule is C#CCCCS([O])(=O)=O. The van der Waals surface area contributed by atoms with Gasteiger partial charge in [-0.15, -0.1) is 12.3 Å². The summed E-state index contributed by atoms with van der Waals surface area (Å²) in [6.07, 6.45) is 5.43. The molecule has 0 saturated carbocycles. The normalized spacial score (nSPS) is 10.7. The second kappa shape index (κ2) is 3.49. The molecule has 0 fully saturated rings. The summed E-state index contributed by atoms with van der Waals surface area (Å²) in [7, 11) is -4.04. The smallest absolute Gasteiger partial charge is 0.197 e. The minimum absolute atomic E-state index is 0.266. The van der Waals surface area contributed by atoms with Crippen molar-refractivity contribution in [3.8, 4) is 12.3 Å². The Kier molecular flexibility index (Phi) is 3.28. The van der Waals surface area contributed by atoms with Crippen molar-refractivity contribution in [3.05, 3.63) is 0 Å². The van der Waals surface area contributed by atoms with Crippen molar-refractivity contribution in [2.75, 3.05) is 5.75 Å². The van der Waals surface area contributed by atoms with Gasteiger partial charge in [0.15, 0.2) is 0 Å². The van der Waals surface area contributed by atoms with E-state index < -0.39 is 10.1 Å². The number of unbranched alkanes of at least 4 members (excludes halogenated alkanes) is 1. The summed E-state index contributed by atoms with van der Waals surface area (Å²) in [5.74, 6) is 1.89. The van der Waals surface area contributed by atoms with E-state index in [2.05, 4.69) is 5.92 Å². The molecule has 0 N–H and O–H groups in total. The molecule has 0 aliphatic rings. The Bertz CT molecular complexity index is 197. The van der Waals surface area contributed by atoms with Gasteiger partial charge in [-0.25, -0.2) is 0 Å². The largest absolute Gasteiger partial charge is 0.294 e. The van der Waals surface area contributed by atoms with Crippen LogP contribution in [0.25, 0.3) is 0 Å². The van der Waals surface area contributed by atoms with Crippen LogP contribution in [0.3, 0.4) is 0 Å². The van der Waals surface area contributed by atoms with Crippen LogP contribution >= 0.6 is 0 Å². The highest BCUT2D eigenvalue weighted by Crippen LogP contribution is 1.91. The van der Waals surface area contributed by atoms with E-state index in [1.807, 2.05) is 0 Å². The molecule has 0 saturated heterocycles. The second-order valence-electron chi connectivity index (χ2n) is 1.57. The van der Waals surface area contributed by atoms with Crippen LogP contribution in [-0.4, -0.2) is 14.2 Å². The molecule has 9 heavy (non-hydrogen) atoms. The molecule has 0 unspecified atom stereocenters. The van der Waals surface area contributed by atoms with Gasteiger partial charge in [-0.1, -0.05) is 4.55 Å². The van der Waals surface area contributed by atoms with Gasteiger partial charge in [-0.3, -0.25) is 0 Å². The maximum Gasteiger partial charge on any atom is 0.294 e. The molecule has 0 bridgehead atoms. The number of rotatable bonds is 3. The molecular formula is C5H7O3S. The van der Waals surface area contributed by atoms with Crippen molar-refractivity contribution in [1.29, 1.82) is 0 Å². The monoisotopic (exact) mass is 147 g/mol. The first-order valence-electron chi connectivity index (χ1n) is 2.43. The predicted octanol–water partition coefficient (Wildman–Crippen LogP) is 0.160. The predicted molar refractivity (Wildman–Crippen MR) is 32.5 cm³/mol. The first-order chi connectivity index (χ1) is 4.06. The number of terminal acetylenes is 1. The lowest BCUT2D eigenvalue weighted by atomic mass is 10.4. The Labute approximate surface area is 54.8 Å². The van der Waals surface area contributed by atoms with Crippen molar-refractivity contribution < 1.29 is 13.0 Å². The lowest BCUT2D eigenvalue weighted by molar-refractivity contribution is 0.413. The van der Waals surface area contributed by atoms with Gasteiger partial charge in [0.2, 0.25) is 0 Å². The summed E-state index contributed by atoms with van der Waals surface area (Å²) in [4.78, 5) is 0. The zero-order chi connectivity index (χ0) is 7.33. The molecule has 0 heterocycles. The van der Waals surface area contributed by atoms with Gasteiger partial charge in [0.05, 0.1) is 5.75 Å². The zero-order valence-electron chi connectivity index (χ0n) is 4.83. The molecule has 0 rings (SSSR count). The van der Waals surface area contributed by atoms with E-state index >= 15 is 0 Å². The molecule has 0 atom stereocenters. The second-order valence-corrected chi connectivity index (χ2v) is 3.09. The average Bonchev–Trinajstić information content (AvgIpc) is 1.63. The first kappa shape index (κ1) is 8.47. The topological polar surface area (TPSA) is 54.0 Å². The van der Waals surface area contributed by atoms with Crippen LogP contribution in [0.2, 0.25) is 0 Å². The molecule has 1 radical (unpaired) electrons. The van der Waals surface area contributed by atoms with E-state index in [1.165, 1.54) is 0 Å². The van der Waals surface area contributed by atoms with Crippen LogP contribution in [0, 0.1) is 12.3 Å². The van der Waals surface area contributed by atoms with Crippen LogP contribution in [0.4, 0.5) is 0 Å². The highest BCUT2D eigenvalue weighted by atomic mass is 32.2. The van der Waals surface area contributed by atoms with Gasteiger partial charge in [-0.05, 0) is 6.42 Å². The van der Waals surface area contributed by atoms with Crippen molar-refractivity contribution in [1.82, 2.24) is 0 Å². The van der Waals surface area contributed by atoms with Gasteiger partial charge < -0.3 is 0 Å². The average molecular weight is 147 g/mol. The Morgan fingerprint density at radius 1 is 1.44 bits per heavy atom. The van der Waals surface area contributed by atoms with Crippen LogP contribution in [0.5, 0.6) is 0 Å². The van der Waals surface area contributed by atoms with Gasteiger partial charge in [-0.2, -0.15) is 8.42 Å². The highest BCUT2D eigenvalue weighted by molar-refractivity contribution is 7.85. The minimum atomic E-state index is -4.04. The van der Waals surface area contributed by atoms with Crippen LogP contribution in [-0.2, 0) is 14.7 Å². The van der Waals surface area contributed by atoms with Crippen molar-refractivity contribution in [2.24, 2.45) is 0 Å². The van der Waals surface area contributed by atoms with Crippen LogP contribution < -0.4 is 0 Å². The van der Waals surface area contributed by atoms with E-state index in [0.29, 0.717) is 6.42 Å². The maximum absolute atomic E-state index is 9.88. The Morgan fingerprint density at radius 2 is 2.00 bits per heavy atom. The Balaban J connectivity index is 3.44. The van der Waals surface area contributed by atoms with Crippen LogP contribution in [0.15, 0.2) is 0 Å². The summed E-state index contributed by atoms with van der Waals surface area (Å²) in [6, 6.07) is 0. The fourth-order valence-corrected chi connectivity index (χ4v) is 0.849. The minimum Gasteiger partial charge on any atom is -0.197 e. The summed E-state index contributed by atoms with van der Waals surface area (Å²) in [5, 5.41) is 0. The van der Waals surface area contributed by atoms with E-state index in [9.17, 15) is 13.0 Å². The summed E-state index contributed by atoms with van der Waals surface area (Å²) in [5.41, 5.74) is 0. The molecule has 0 aromatic heterocycles. The third-order valence-corrected chi connectivity index (χ3v) is 1.50. The summed E-state index contributed by atoms with van der Waals surface area (Å²) in [6.45, 7) is 0. The lowest BCUT2D eigenvalue weighted by Crippen LogP contribution is -2.00. The molecule has 0 aromatic rings. The number of hydrogen-bond donors (Lipinski definition) is 0. The van der Waals surface area contributed by atoms with E-state index in [1.54, 1.807) is 0 Å². The van der Waals surface area contributed by atoms with E-state index in [-0.39, 0.29) is 12.2 Å². The Morgan fingerprint density at radius 3 is 2.33 bits per heavy atom. The quantitative estimate of drug-likeness (QED) is 0.421.